The number of hydrogen-bond donors (Lipinski definition) is 1. The summed E-state index contributed by atoms with van der Waals surface area (Å²) in [4.78, 5) is 11.5. The Balaban J connectivity index is 1.53. The van der Waals surface area contributed by atoms with E-state index in [1.807, 2.05) is 31.3 Å². The van der Waals surface area contributed by atoms with Gasteiger partial charge < -0.3 is 5.73 Å². The van der Waals surface area contributed by atoms with E-state index >= 15 is 0 Å². The van der Waals surface area contributed by atoms with Gasteiger partial charge in [0.15, 0.2) is 0 Å². The summed E-state index contributed by atoms with van der Waals surface area (Å²) >= 11 is 0. The van der Waals surface area contributed by atoms with E-state index in [-0.39, 0.29) is 5.41 Å². The van der Waals surface area contributed by atoms with Crippen molar-refractivity contribution in [3.05, 3.63) is 94.5 Å². The van der Waals surface area contributed by atoms with Crippen LogP contribution < -0.4 is 5.73 Å². The highest BCUT2D eigenvalue weighted by molar-refractivity contribution is 5.79. The minimum Gasteiger partial charge on any atom is -0.368 e. The van der Waals surface area contributed by atoms with E-state index in [9.17, 15) is 5.26 Å². The number of nitriles is 1. The maximum atomic E-state index is 9.31. The molecule has 1 atom stereocenters. The van der Waals surface area contributed by atoms with E-state index in [1.54, 1.807) is 5.06 Å². The third kappa shape index (κ3) is 2.43. The molecular weight excluding hydrogens is 384 g/mol. The Morgan fingerprint density at radius 3 is 2.32 bits per heavy atom. The predicted octanol–water partition coefficient (Wildman–Crippen LogP) is 3.91. The van der Waals surface area contributed by atoms with Gasteiger partial charge in [-0.05, 0) is 65.3 Å². The standard InChI is InChI=1S/C26H22N4O/c1-30-24(28)29-26(31-30)23-12-19(18-8-4-5-17(11-18)16-27)9-10-22(23)15-25(26)13-20-6-2-3-7-21(20)14-25/h2-12H,13-15H2,1H3,(H2,28,29). The minimum absolute atomic E-state index is 0.207. The van der Waals surface area contributed by atoms with Gasteiger partial charge in [-0.2, -0.15) is 5.26 Å². The number of hydrogen-bond acceptors (Lipinski definition) is 5. The minimum atomic E-state index is -0.844. The lowest BCUT2D eigenvalue weighted by atomic mass is 9.75. The van der Waals surface area contributed by atoms with Crippen molar-refractivity contribution in [2.45, 2.75) is 25.0 Å². The highest BCUT2D eigenvalue weighted by atomic mass is 16.7. The van der Waals surface area contributed by atoms with Crippen LogP contribution in [0.1, 0.15) is 27.8 Å². The van der Waals surface area contributed by atoms with Gasteiger partial charge in [0, 0.05) is 18.0 Å². The second kappa shape index (κ2) is 6.19. The van der Waals surface area contributed by atoms with Crippen LogP contribution in [-0.4, -0.2) is 18.1 Å². The molecule has 1 heterocycles. The topological polar surface area (TPSA) is 74.6 Å². The first-order valence-electron chi connectivity index (χ1n) is 10.5. The Hall–Kier alpha value is -3.62. The number of nitrogens with zero attached hydrogens (tertiary/aromatic N) is 3. The summed E-state index contributed by atoms with van der Waals surface area (Å²) < 4.78 is 0. The molecule has 31 heavy (non-hydrogen) atoms. The molecule has 3 aromatic carbocycles. The van der Waals surface area contributed by atoms with Crippen LogP contribution in [0.5, 0.6) is 0 Å². The molecular formula is C26H22N4O. The molecule has 1 aliphatic heterocycles. The molecule has 2 N–H and O–H groups in total. The average Bonchev–Trinajstić information content (AvgIpc) is 3.40. The third-order valence-electron chi connectivity index (χ3n) is 7.09. The largest absolute Gasteiger partial charge is 0.368 e. The van der Waals surface area contributed by atoms with Crippen LogP contribution in [-0.2, 0) is 29.8 Å². The second-order valence-corrected chi connectivity index (χ2v) is 8.85. The molecule has 2 spiro atoms. The molecule has 2 aliphatic carbocycles. The van der Waals surface area contributed by atoms with Crippen molar-refractivity contribution in [2.24, 2.45) is 16.1 Å². The molecule has 0 amide bonds. The fourth-order valence-electron chi connectivity index (χ4n) is 5.64. The molecule has 0 saturated heterocycles. The first-order valence-corrected chi connectivity index (χ1v) is 10.5. The third-order valence-corrected chi connectivity index (χ3v) is 7.09. The van der Waals surface area contributed by atoms with Crippen molar-refractivity contribution in [1.29, 1.82) is 5.26 Å². The van der Waals surface area contributed by atoms with E-state index < -0.39 is 5.72 Å². The van der Waals surface area contributed by atoms with Crippen LogP contribution in [0.25, 0.3) is 11.1 Å². The molecule has 0 aromatic heterocycles. The number of fused-ring (bicyclic) bond motifs is 4. The lowest BCUT2D eigenvalue weighted by molar-refractivity contribution is -0.219. The smallest absolute Gasteiger partial charge is 0.221 e. The SMILES string of the molecule is CN1OC2(N=C1N)c1cc(-c3cccc(C#N)c3)ccc1CC21Cc2ccccc2C1. The lowest BCUT2D eigenvalue weighted by Crippen LogP contribution is -2.44. The Morgan fingerprint density at radius 1 is 0.935 bits per heavy atom. The molecule has 0 fully saturated rings. The second-order valence-electron chi connectivity index (χ2n) is 8.85. The van der Waals surface area contributed by atoms with E-state index in [0.29, 0.717) is 11.5 Å². The zero-order valence-corrected chi connectivity index (χ0v) is 17.3. The van der Waals surface area contributed by atoms with Gasteiger partial charge in [0.05, 0.1) is 11.6 Å². The number of aliphatic imine (C=N–C) groups is 1. The summed E-state index contributed by atoms with van der Waals surface area (Å²) in [5, 5.41) is 10.9. The van der Waals surface area contributed by atoms with Crippen LogP contribution in [0.2, 0.25) is 0 Å². The zero-order valence-electron chi connectivity index (χ0n) is 17.3. The van der Waals surface area contributed by atoms with Crippen LogP contribution in [0.3, 0.4) is 0 Å². The van der Waals surface area contributed by atoms with E-state index in [1.165, 1.54) is 16.7 Å². The van der Waals surface area contributed by atoms with Crippen LogP contribution in [0.4, 0.5) is 0 Å². The summed E-state index contributed by atoms with van der Waals surface area (Å²) in [6.07, 6.45) is 2.70. The molecule has 3 aromatic rings. The highest BCUT2D eigenvalue weighted by Gasteiger charge is 2.64. The van der Waals surface area contributed by atoms with E-state index in [4.69, 9.17) is 15.6 Å². The molecule has 5 heteroatoms. The summed E-state index contributed by atoms with van der Waals surface area (Å²) in [6, 6.07) is 25.1. The number of guanidine groups is 1. The molecule has 5 nitrogen and oxygen atoms in total. The van der Waals surface area contributed by atoms with Crippen molar-refractivity contribution in [1.82, 2.24) is 5.06 Å². The number of benzene rings is 3. The van der Waals surface area contributed by atoms with Gasteiger partial charge in [0.1, 0.15) is 0 Å². The van der Waals surface area contributed by atoms with Crippen LogP contribution in [0, 0.1) is 16.7 Å². The van der Waals surface area contributed by atoms with Crippen molar-refractivity contribution in [3.63, 3.8) is 0 Å². The Kier molecular flexibility index (Phi) is 3.63. The van der Waals surface area contributed by atoms with Gasteiger partial charge >= 0.3 is 0 Å². The Bertz CT molecular complexity index is 1280. The maximum Gasteiger partial charge on any atom is 0.221 e. The van der Waals surface area contributed by atoms with Crippen molar-refractivity contribution >= 4 is 5.96 Å². The number of hydroxylamine groups is 2. The monoisotopic (exact) mass is 406 g/mol. The first-order chi connectivity index (χ1) is 15.0. The van der Waals surface area contributed by atoms with Crippen molar-refractivity contribution in [3.8, 4) is 17.2 Å². The molecule has 0 bridgehead atoms. The lowest BCUT2D eigenvalue weighted by Gasteiger charge is -2.38. The quantitative estimate of drug-likeness (QED) is 0.665. The summed E-state index contributed by atoms with van der Waals surface area (Å²) in [5.74, 6) is 0.403. The van der Waals surface area contributed by atoms with Crippen LogP contribution >= 0.6 is 0 Å². The Labute approximate surface area is 181 Å². The number of rotatable bonds is 1. The van der Waals surface area contributed by atoms with Crippen molar-refractivity contribution < 1.29 is 4.84 Å². The van der Waals surface area contributed by atoms with Crippen LogP contribution in [0.15, 0.2) is 71.7 Å². The normalized spacial score (nSPS) is 22.5. The van der Waals surface area contributed by atoms with E-state index in [0.717, 1.165) is 36.0 Å². The van der Waals surface area contributed by atoms with E-state index in [2.05, 4.69) is 48.5 Å². The summed E-state index contributed by atoms with van der Waals surface area (Å²) in [5.41, 5.74) is 13.0. The first kappa shape index (κ1) is 18.2. The van der Waals surface area contributed by atoms with Crippen molar-refractivity contribution in [2.75, 3.05) is 7.05 Å². The highest BCUT2D eigenvalue weighted by Crippen LogP contribution is 2.61. The molecule has 0 radical (unpaired) electrons. The van der Waals surface area contributed by atoms with Gasteiger partial charge in [0.2, 0.25) is 11.7 Å². The maximum absolute atomic E-state index is 9.31. The molecule has 6 rings (SSSR count). The fourth-order valence-corrected chi connectivity index (χ4v) is 5.64. The summed E-state index contributed by atoms with van der Waals surface area (Å²) in [6.45, 7) is 0. The fraction of sp³-hybridized carbons (Fsp3) is 0.231. The number of nitrogens with two attached hydrogens (primary N) is 1. The predicted molar refractivity (Wildman–Crippen MR) is 119 cm³/mol. The molecule has 1 unspecified atom stereocenters. The molecule has 3 aliphatic rings. The zero-order chi connectivity index (χ0) is 21.2. The van der Waals surface area contributed by atoms with Gasteiger partial charge in [-0.15, -0.1) is 0 Å². The average molecular weight is 406 g/mol. The summed E-state index contributed by atoms with van der Waals surface area (Å²) in [7, 11) is 1.82. The van der Waals surface area contributed by atoms with Gasteiger partial charge in [0.25, 0.3) is 0 Å². The van der Waals surface area contributed by atoms with Gasteiger partial charge in [-0.3, -0.25) is 0 Å². The Morgan fingerprint density at radius 2 is 1.65 bits per heavy atom. The van der Waals surface area contributed by atoms with Gasteiger partial charge in [-0.25, -0.2) is 14.9 Å². The van der Waals surface area contributed by atoms with Gasteiger partial charge in [-0.1, -0.05) is 48.5 Å². The molecule has 152 valence electrons. The molecule has 0 saturated carbocycles.